The number of aromatic nitrogens is 2. The fourth-order valence-electron chi connectivity index (χ4n) is 3.79. The second kappa shape index (κ2) is 8.67. The van der Waals surface area contributed by atoms with Crippen molar-refractivity contribution >= 4 is 28.8 Å². The molecule has 1 aromatic carbocycles. The lowest BCUT2D eigenvalue weighted by Gasteiger charge is -2.31. The van der Waals surface area contributed by atoms with Crippen LogP contribution in [0.2, 0.25) is 5.02 Å². The molecule has 1 unspecified atom stereocenters. The third-order valence-corrected chi connectivity index (χ3v) is 6.62. The molecule has 0 saturated carbocycles. The Morgan fingerprint density at radius 1 is 1.31 bits per heavy atom. The predicted octanol–water partition coefficient (Wildman–Crippen LogP) is 4.94. The number of rotatable bonds is 5. The van der Waals surface area contributed by atoms with E-state index in [4.69, 9.17) is 16.0 Å². The summed E-state index contributed by atoms with van der Waals surface area (Å²) in [5, 5.41) is 1.73. The SMILES string of the molecule is Cc1nc(C)c(CC(=O)N2CCCC(c3ncc(Cc4ccc(Cl)cc4)o3)C2)s1. The highest BCUT2D eigenvalue weighted by Crippen LogP contribution is 2.28. The summed E-state index contributed by atoms with van der Waals surface area (Å²) in [5.74, 6) is 1.88. The highest BCUT2D eigenvalue weighted by molar-refractivity contribution is 7.11. The second-order valence-electron chi connectivity index (χ2n) is 7.57. The summed E-state index contributed by atoms with van der Waals surface area (Å²) in [5.41, 5.74) is 2.10. The lowest BCUT2D eigenvalue weighted by molar-refractivity contribution is -0.131. The van der Waals surface area contributed by atoms with E-state index in [1.807, 2.05) is 43.0 Å². The lowest BCUT2D eigenvalue weighted by atomic mass is 9.97. The van der Waals surface area contributed by atoms with E-state index in [1.54, 1.807) is 17.5 Å². The highest BCUT2D eigenvalue weighted by atomic mass is 35.5. The Bertz CT molecular complexity index is 996. The normalized spacial score (nSPS) is 16.9. The van der Waals surface area contributed by atoms with Gasteiger partial charge < -0.3 is 9.32 Å². The summed E-state index contributed by atoms with van der Waals surface area (Å²) in [6.07, 6.45) is 4.87. The third kappa shape index (κ3) is 4.87. The first kappa shape index (κ1) is 20.1. The summed E-state index contributed by atoms with van der Waals surface area (Å²) >= 11 is 7.56. The van der Waals surface area contributed by atoms with E-state index < -0.39 is 0 Å². The second-order valence-corrected chi connectivity index (χ2v) is 9.29. The van der Waals surface area contributed by atoms with Gasteiger partial charge in [-0.25, -0.2) is 9.97 Å². The first-order valence-electron chi connectivity index (χ1n) is 9.87. The summed E-state index contributed by atoms with van der Waals surface area (Å²) in [4.78, 5) is 24.8. The predicted molar refractivity (Wildman–Crippen MR) is 115 cm³/mol. The maximum atomic E-state index is 12.8. The minimum atomic E-state index is 0.149. The molecule has 0 aliphatic carbocycles. The van der Waals surface area contributed by atoms with Crippen LogP contribution in [0.1, 0.15) is 51.6 Å². The van der Waals surface area contributed by atoms with E-state index in [9.17, 15) is 4.79 Å². The molecule has 0 N–H and O–H groups in total. The van der Waals surface area contributed by atoms with Crippen molar-refractivity contribution in [2.24, 2.45) is 0 Å². The molecule has 5 nitrogen and oxygen atoms in total. The van der Waals surface area contributed by atoms with Crippen LogP contribution in [0.25, 0.3) is 0 Å². The molecular formula is C22H24ClN3O2S. The van der Waals surface area contributed by atoms with Crippen LogP contribution >= 0.6 is 22.9 Å². The number of likely N-dealkylation sites (tertiary alicyclic amines) is 1. The van der Waals surface area contributed by atoms with Crippen molar-refractivity contribution in [2.45, 2.75) is 45.4 Å². The number of amides is 1. The molecule has 1 aliphatic heterocycles. The van der Waals surface area contributed by atoms with Crippen LogP contribution in [0.3, 0.4) is 0 Å². The minimum Gasteiger partial charge on any atom is -0.445 e. The largest absolute Gasteiger partial charge is 0.445 e. The van der Waals surface area contributed by atoms with E-state index in [1.165, 1.54) is 0 Å². The molecule has 2 aromatic heterocycles. The Balaban J connectivity index is 1.39. The Hall–Kier alpha value is -2.18. The molecule has 152 valence electrons. The van der Waals surface area contributed by atoms with Gasteiger partial charge in [-0.2, -0.15) is 0 Å². The third-order valence-electron chi connectivity index (χ3n) is 5.30. The quantitative estimate of drug-likeness (QED) is 0.576. The Kier molecular flexibility index (Phi) is 6.01. The molecule has 4 rings (SSSR count). The zero-order valence-electron chi connectivity index (χ0n) is 16.7. The molecule has 0 radical (unpaired) electrons. The summed E-state index contributed by atoms with van der Waals surface area (Å²) in [6, 6.07) is 7.75. The number of aryl methyl sites for hydroxylation is 2. The average Bonchev–Trinajstić information content (AvgIpc) is 3.30. The van der Waals surface area contributed by atoms with Crippen LogP contribution in [-0.2, 0) is 17.6 Å². The van der Waals surface area contributed by atoms with Crippen molar-refractivity contribution < 1.29 is 9.21 Å². The van der Waals surface area contributed by atoms with Gasteiger partial charge in [0.25, 0.3) is 0 Å². The first-order valence-corrected chi connectivity index (χ1v) is 11.1. The van der Waals surface area contributed by atoms with Gasteiger partial charge in [0, 0.05) is 29.4 Å². The molecular weight excluding hydrogens is 406 g/mol. The lowest BCUT2D eigenvalue weighted by Crippen LogP contribution is -2.40. The molecule has 1 fully saturated rings. The van der Waals surface area contributed by atoms with Gasteiger partial charge in [0.05, 0.1) is 29.2 Å². The molecule has 7 heteroatoms. The van der Waals surface area contributed by atoms with Gasteiger partial charge in [0.1, 0.15) is 5.76 Å². The molecule has 1 saturated heterocycles. The van der Waals surface area contributed by atoms with Crippen LogP contribution in [0.4, 0.5) is 0 Å². The average molecular weight is 430 g/mol. The monoisotopic (exact) mass is 429 g/mol. The maximum absolute atomic E-state index is 12.8. The van der Waals surface area contributed by atoms with Crippen molar-refractivity contribution in [1.82, 2.24) is 14.9 Å². The minimum absolute atomic E-state index is 0.149. The van der Waals surface area contributed by atoms with E-state index in [2.05, 4.69) is 9.97 Å². The molecule has 3 heterocycles. The summed E-state index contributed by atoms with van der Waals surface area (Å²) < 4.78 is 6.04. The van der Waals surface area contributed by atoms with Crippen molar-refractivity contribution in [1.29, 1.82) is 0 Å². The fourth-order valence-corrected chi connectivity index (χ4v) is 4.84. The number of piperidine rings is 1. The number of carbonyl (C=O) groups excluding carboxylic acids is 1. The molecule has 29 heavy (non-hydrogen) atoms. The number of hydrogen-bond acceptors (Lipinski definition) is 5. The molecule has 1 aliphatic rings. The van der Waals surface area contributed by atoms with Crippen LogP contribution in [0.5, 0.6) is 0 Å². The Morgan fingerprint density at radius 2 is 2.10 bits per heavy atom. The van der Waals surface area contributed by atoms with Gasteiger partial charge >= 0.3 is 0 Å². The summed E-state index contributed by atoms with van der Waals surface area (Å²) in [6.45, 7) is 5.41. The van der Waals surface area contributed by atoms with Crippen LogP contribution in [0, 0.1) is 13.8 Å². The standard InChI is InChI=1S/C22H24ClN3O2S/c1-14-20(29-15(2)25-14)11-21(27)26-9-3-4-17(13-26)22-24-12-19(28-22)10-16-5-7-18(23)8-6-16/h5-8,12,17H,3-4,9-11,13H2,1-2H3. The fraction of sp³-hybridized carbons (Fsp3) is 0.409. The van der Waals surface area contributed by atoms with Crippen molar-refractivity contribution in [3.05, 3.63) is 68.3 Å². The van der Waals surface area contributed by atoms with Gasteiger partial charge in [0.15, 0.2) is 5.89 Å². The highest BCUT2D eigenvalue weighted by Gasteiger charge is 2.28. The van der Waals surface area contributed by atoms with Crippen LogP contribution in [0.15, 0.2) is 34.9 Å². The Labute approximate surface area is 179 Å². The number of carbonyl (C=O) groups is 1. The van der Waals surface area contributed by atoms with E-state index in [0.29, 0.717) is 19.4 Å². The van der Waals surface area contributed by atoms with E-state index in [0.717, 1.165) is 57.2 Å². The molecule has 1 amide bonds. The van der Waals surface area contributed by atoms with E-state index in [-0.39, 0.29) is 11.8 Å². The van der Waals surface area contributed by atoms with E-state index >= 15 is 0 Å². The van der Waals surface area contributed by atoms with Gasteiger partial charge in [0.2, 0.25) is 5.91 Å². The molecule has 0 bridgehead atoms. The molecule has 1 atom stereocenters. The summed E-state index contributed by atoms with van der Waals surface area (Å²) in [7, 11) is 0. The maximum Gasteiger partial charge on any atom is 0.227 e. The van der Waals surface area contributed by atoms with Crippen molar-refractivity contribution in [2.75, 3.05) is 13.1 Å². The smallest absolute Gasteiger partial charge is 0.227 e. The zero-order chi connectivity index (χ0) is 20.4. The van der Waals surface area contributed by atoms with Crippen molar-refractivity contribution in [3.63, 3.8) is 0 Å². The van der Waals surface area contributed by atoms with Gasteiger partial charge in [-0.15, -0.1) is 11.3 Å². The first-order chi connectivity index (χ1) is 14.0. The number of oxazole rings is 1. The number of thiazole rings is 1. The van der Waals surface area contributed by atoms with Crippen LogP contribution in [-0.4, -0.2) is 33.9 Å². The Morgan fingerprint density at radius 3 is 2.83 bits per heavy atom. The topological polar surface area (TPSA) is 59.2 Å². The van der Waals surface area contributed by atoms with Gasteiger partial charge in [-0.05, 0) is 44.4 Å². The van der Waals surface area contributed by atoms with Gasteiger partial charge in [-0.3, -0.25) is 4.79 Å². The molecule has 3 aromatic rings. The van der Waals surface area contributed by atoms with Crippen LogP contribution < -0.4 is 0 Å². The number of nitrogens with zero attached hydrogens (tertiary/aromatic N) is 3. The van der Waals surface area contributed by atoms with Gasteiger partial charge in [-0.1, -0.05) is 23.7 Å². The zero-order valence-corrected chi connectivity index (χ0v) is 18.2. The number of hydrogen-bond donors (Lipinski definition) is 0. The van der Waals surface area contributed by atoms with Crippen molar-refractivity contribution in [3.8, 4) is 0 Å². The molecule has 0 spiro atoms. The number of benzene rings is 1. The number of halogens is 1.